The zero-order valence-electron chi connectivity index (χ0n) is 11.6. The van der Waals surface area contributed by atoms with E-state index in [9.17, 15) is 13.6 Å². The monoisotopic (exact) mass is 287 g/mol. The van der Waals surface area contributed by atoms with Gasteiger partial charge in [0.15, 0.2) is 0 Å². The lowest BCUT2D eigenvalue weighted by atomic mass is 10.1. The molecule has 0 aliphatic carbocycles. The summed E-state index contributed by atoms with van der Waals surface area (Å²) in [5.74, 6) is -2.68. The molecule has 2 N–H and O–H groups in total. The van der Waals surface area contributed by atoms with Crippen molar-refractivity contribution in [3.63, 3.8) is 0 Å². The van der Waals surface area contributed by atoms with Gasteiger partial charge in [0.2, 0.25) is 0 Å². The zero-order chi connectivity index (χ0) is 15.1. The highest BCUT2D eigenvalue weighted by Gasteiger charge is 2.14. The van der Waals surface area contributed by atoms with Gasteiger partial charge in [-0.2, -0.15) is 0 Å². The Morgan fingerprint density at radius 2 is 1.90 bits per heavy atom. The predicted octanol–water partition coefficient (Wildman–Crippen LogP) is 3.14. The number of nitrogens with one attached hydrogen (secondary N) is 1. The fourth-order valence-corrected chi connectivity index (χ4v) is 1.53. The number of carboxylic acids is 1. The number of aromatic carboxylic acids is 1. The highest BCUT2D eigenvalue weighted by molar-refractivity contribution is 5.88. The van der Waals surface area contributed by atoms with Crippen molar-refractivity contribution >= 4 is 11.7 Å². The second kappa shape index (κ2) is 7.79. The first-order valence-electron chi connectivity index (χ1n) is 6.45. The molecule has 0 bridgehead atoms. The summed E-state index contributed by atoms with van der Waals surface area (Å²) in [6.45, 7) is 5.33. The maximum Gasteiger partial charge on any atom is 0.335 e. The third-order valence-corrected chi connectivity index (χ3v) is 2.68. The van der Waals surface area contributed by atoms with Gasteiger partial charge >= 0.3 is 5.97 Å². The highest BCUT2D eigenvalue weighted by Crippen LogP contribution is 2.20. The normalized spacial score (nSPS) is 10.8. The van der Waals surface area contributed by atoms with Gasteiger partial charge in [-0.15, -0.1) is 0 Å². The molecule has 20 heavy (non-hydrogen) atoms. The van der Waals surface area contributed by atoms with E-state index in [0.717, 1.165) is 18.6 Å². The summed E-state index contributed by atoms with van der Waals surface area (Å²) in [6, 6.07) is 1.57. The third kappa shape index (κ3) is 5.13. The van der Waals surface area contributed by atoms with Gasteiger partial charge in [-0.3, -0.25) is 0 Å². The lowest BCUT2D eigenvalue weighted by Crippen LogP contribution is -2.13. The molecule has 0 saturated carbocycles. The van der Waals surface area contributed by atoms with Crippen LogP contribution in [0.1, 0.15) is 30.6 Å². The largest absolute Gasteiger partial charge is 0.478 e. The number of ether oxygens (including phenoxy) is 1. The van der Waals surface area contributed by atoms with Gasteiger partial charge in [0.1, 0.15) is 17.3 Å². The lowest BCUT2D eigenvalue weighted by molar-refractivity contribution is 0.0695. The van der Waals surface area contributed by atoms with E-state index in [4.69, 9.17) is 9.84 Å². The summed E-state index contributed by atoms with van der Waals surface area (Å²) in [5, 5.41) is 11.2. The van der Waals surface area contributed by atoms with E-state index in [-0.39, 0.29) is 12.2 Å². The van der Waals surface area contributed by atoms with Gasteiger partial charge < -0.3 is 15.2 Å². The molecule has 0 amide bonds. The fraction of sp³-hybridized carbons (Fsp3) is 0.500. The number of carbonyl (C=O) groups is 1. The van der Waals surface area contributed by atoms with E-state index in [1.807, 2.05) is 0 Å². The molecule has 4 nitrogen and oxygen atoms in total. The summed E-state index contributed by atoms with van der Waals surface area (Å²) >= 11 is 0. The Kier molecular flexibility index (Phi) is 6.38. The van der Waals surface area contributed by atoms with E-state index in [1.54, 1.807) is 0 Å². The predicted molar refractivity (Wildman–Crippen MR) is 72.1 cm³/mol. The standard InChI is InChI=1S/C14H19F2NO3/c1-9(2)3-5-20-6-4-17-13-11(15)7-10(14(18)19)8-12(13)16/h7-9,17H,3-6H2,1-2H3,(H,18,19). The Labute approximate surface area is 116 Å². The summed E-state index contributed by atoms with van der Waals surface area (Å²) in [5.41, 5.74) is -0.749. The molecule has 0 saturated heterocycles. The maximum atomic E-state index is 13.5. The minimum Gasteiger partial charge on any atom is -0.478 e. The quantitative estimate of drug-likeness (QED) is 0.721. The molecule has 0 aliphatic heterocycles. The highest BCUT2D eigenvalue weighted by atomic mass is 19.1. The minimum absolute atomic E-state index is 0.248. The summed E-state index contributed by atoms with van der Waals surface area (Å²) < 4.78 is 32.4. The lowest BCUT2D eigenvalue weighted by Gasteiger charge is -2.10. The Balaban J connectivity index is 2.46. The SMILES string of the molecule is CC(C)CCOCCNc1c(F)cc(C(=O)O)cc1F. The number of hydrogen-bond acceptors (Lipinski definition) is 3. The third-order valence-electron chi connectivity index (χ3n) is 2.68. The van der Waals surface area contributed by atoms with Gasteiger partial charge in [-0.05, 0) is 24.5 Å². The Hall–Kier alpha value is -1.69. The van der Waals surface area contributed by atoms with Crippen LogP contribution in [-0.2, 0) is 4.74 Å². The number of rotatable bonds is 8. The van der Waals surface area contributed by atoms with Crippen molar-refractivity contribution in [1.82, 2.24) is 0 Å². The van der Waals surface area contributed by atoms with Crippen LogP contribution in [0.4, 0.5) is 14.5 Å². The molecule has 112 valence electrons. The second-order valence-electron chi connectivity index (χ2n) is 4.84. The molecule has 0 unspecified atom stereocenters. The zero-order valence-corrected chi connectivity index (χ0v) is 11.6. The van der Waals surface area contributed by atoms with Gasteiger partial charge in [0.05, 0.1) is 12.2 Å². The second-order valence-corrected chi connectivity index (χ2v) is 4.84. The molecule has 0 radical (unpaired) electrons. The van der Waals surface area contributed by atoms with E-state index in [2.05, 4.69) is 19.2 Å². The first kappa shape index (κ1) is 16.4. The van der Waals surface area contributed by atoms with Crippen LogP contribution in [0.2, 0.25) is 0 Å². The van der Waals surface area contributed by atoms with Crippen molar-refractivity contribution in [3.8, 4) is 0 Å². The van der Waals surface area contributed by atoms with Gasteiger partial charge in [-0.1, -0.05) is 13.8 Å². The van der Waals surface area contributed by atoms with E-state index >= 15 is 0 Å². The van der Waals surface area contributed by atoms with Crippen LogP contribution < -0.4 is 5.32 Å². The summed E-state index contributed by atoms with van der Waals surface area (Å²) in [4.78, 5) is 10.6. The average molecular weight is 287 g/mol. The van der Waals surface area contributed by atoms with Gasteiger partial charge in [-0.25, -0.2) is 13.6 Å². The Morgan fingerprint density at radius 1 is 1.30 bits per heavy atom. The summed E-state index contributed by atoms with van der Waals surface area (Å²) in [6.07, 6.45) is 0.927. The van der Waals surface area contributed by atoms with Gasteiger partial charge in [0, 0.05) is 13.2 Å². The van der Waals surface area contributed by atoms with Crippen LogP contribution in [0.3, 0.4) is 0 Å². The van der Waals surface area contributed by atoms with Crippen molar-refractivity contribution in [3.05, 3.63) is 29.3 Å². The van der Waals surface area contributed by atoms with Crippen molar-refractivity contribution in [1.29, 1.82) is 0 Å². The topological polar surface area (TPSA) is 58.6 Å². The van der Waals surface area contributed by atoms with E-state index in [0.29, 0.717) is 19.1 Å². The molecule has 0 atom stereocenters. The number of halogens is 2. The van der Waals surface area contributed by atoms with Crippen LogP contribution in [0.5, 0.6) is 0 Å². The number of carboxylic acid groups (broad SMARTS) is 1. The maximum absolute atomic E-state index is 13.5. The number of anilines is 1. The van der Waals surface area contributed by atoms with Crippen LogP contribution >= 0.6 is 0 Å². The van der Waals surface area contributed by atoms with Crippen molar-refractivity contribution in [2.24, 2.45) is 5.92 Å². The molecule has 1 aromatic carbocycles. The molecule has 0 aliphatic rings. The Bertz CT molecular complexity index is 441. The first-order valence-corrected chi connectivity index (χ1v) is 6.45. The molecule has 0 heterocycles. The minimum atomic E-state index is -1.37. The molecule has 6 heteroatoms. The van der Waals surface area contributed by atoms with Crippen molar-refractivity contribution < 1.29 is 23.4 Å². The van der Waals surface area contributed by atoms with E-state index < -0.39 is 23.2 Å². The van der Waals surface area contributed by atoms with E-state index in [1.165, 1.54) is 0 Å². The molecule has 1 aromatic rings. The number of benzene rings is 1. The van der Waals surface area contributed by atoms with Crippen LogP contribution in [-0.4, -0.2) is 30.8 Å². The fourth-order valence-electron chi connectivity index (χ4n) is 1.53. The molecular formula is C14H19F2NO3. The molecule has 0 aromatic heterocycles. The van der Waals surface area contributed by atoms with Crippen LogP contribution in [0, 0.1) is 17.6 Å². The van der Waals surface area contributed by atoms with Gasteiger partial charge in [0.25, 0.3) is 0 Å². The first-order chi connectivity index (χ1) is 9.41. The van der Waals surface area contributed by atoms with Crippen LogP contribution in [0.25, 0.3) is 0 Å². The average Bonchev–Trinajstić information content (AvgIpc) is 2.35. The Morgan fingerprint density at radius 3 is 2.40 bits per heavy atom. The summed E-state index contributed by atoms with van der Waals surface area (Å²) in [7, 11) is 0. The van der Waals surface area contributed by atoms with Crippen LogP contribution in [0.15, 0.2) is 12.1 Å². The van der Waals surface area contributed by atoms with Crippen molar-refractivity contribution in [2.45, 2.75) is 20.3 Å². The molecular weight excluding hydrogens is 268 g/mol. The molecule has 0 spiro atoms. The smallest absolute Gasteiger partial charge is 0.335 e. The molecule has 0 fully saturated rings. The number of hydrogen-bond donors (Lipinski definition) is 2. The van der Waals surface area contributed by atoms with Crippen molar-refractivity contribution in [2.75, 3.05) is 25.1 Å². The molecule has 1 rings (SSSR count).